The van der Waals surface area contributed by atoms with Gasteiger partial charge in [0, 0.05) is 11.9 Å². The molecule has 1 aromatic carbocycles. The molecule has 1 aromatic rings. The van der Waals surface area contributed by atoms with Gasteiger partial charge >= 0.3 is 5.97 Å². The smallest absolute Gasteiger partial charge is 0.326 e. The zero-order chi connectivity index (χ0) is 13.3. The molecule has 0 radical (unpaired) electrons. The first-order chi connectivity index (χ1) is 8.50. The van der Waals surface area contributed by atoms with Gasteiger partial charge in [0.1, 0.15) is 6.04 Å². The molecule has 1 N–H and O–H groups in total. The summed E-state index contributed by atoms with van der Waals surface area (Å²) in [7, 11) is 0. The van der Waals surface area contributed by atoms with Crippen molar-refractivity contribution in [1.29, 1.82) is 0 Å². The number of nitrogens with zero attached hydrogens (tertiary/aromatic N) is 1. The summed E-state index contributed by atoms with van der Waals surface area (Å²) in [5, 5.41) is 9.75. The molecule has 1 aliphatic heterocycles. The van der Waals surface area contributed by atoms with Gasteiger partial charge in [0.2, 0.25) is 5.91 Å². The Morgan fingerprint density at radius 1 is 1.28 bits per heavy atom. The molecule has 18 heavy (non-hydrogen) atoms. The Labute approximate surface area is 110 Å². The molecule has 4 nitrogen and oxygen atoms in total. The number of amides is 1. The second-order valence-electron chi connectivity index (χ2n) is 4.43. The van der Waals surface area contributed by atoms with Crippen molar-refractivity contribution >= 4 is 23.5 Å². The van der Waals surface area contributed by atoms with Gasteiger partial charge in [0.15, 0.2) is 0 Å². The molecule has 1 aliphatic rings. The lowest BCUT2D eigenvalue weighted by molar-refractivity contribution is -0.148. The molecule has 96 valence electrons. The van der Waals surface area contributed by atoms with Crippen LogP contribution in [0.25, 0.3) is 0 Å². The number of halogens is 1. The van der Waals surface area contributed by atoms with Crippen LogP contribution in [0.5, 0.6) is 0 Å². The second-order valence-corrected chi connectivity index (χ2v) is 4.86. The fourth-order valence-electron chi connectivity index (χ4n) is 2.50. The summed E-state index contributed by atoms with van der Waals surface area (Å²) in [5.41, 5.74) is 0.929. The van der Waals surface area contributed by atoms with Gasteiger partial charge in [-0.1, -0.05) is 23.7 Å². The number of carboxylic acid groups (broad SMARTS) is 1. The lowest BCUT2D eigenvalue weighted by atomic mass is 10.0. The Bertz CT molecular complexity index is 472. The van der Waals surface area contributed by atoms with E-state index in [1.54, 1.807) is 12.1 Å². The van der Waals surface area contributed by atoms with Gasteiger partial charge < -0.3 is 10.0 Å². The van der Waals surface area contributed by atoms with E-state index in [0.29, 0.717) is 17.9 Å². The summed E-state index contributed by atoms with van der Waals surface area (Å²) < 4.78 is 0. The largest absolute Gasteiger partial charge is 0.480 e. The van der Waals surface area contributed by atoms with Crippen LogP contribution in [0.2, 0.25) is 5.02 Å². The van der Waals surface area contributed by atoms with Crippen LogP contribution < -0.4 is 0 Å². The van der Waals surface area contributed by atoms with E-state index in [4.69, 9.17) is 16.7 Å². The van der Waals surface area contributed by atoms with E-state index in [1.807, 2.05) is 12.1 Å². The van der Waals surface area contributed by atoms with Crippen molar-refractivity contribution in [3.63, 3.8) is 0 Å². The molecule has 0 aliphatic carbocycles. The van der Waals surface area contributed by atoms with Gasteiger partial charge in [0.25, 0.3) is 0 Å². The van der Waals surface area contributed by atoms with Crippen molar-refractivity contribution in [2.75, 3.05) is 0 Å². The van der Waals surface area contributed by atoms with E-state index in [9.17, 15) is 9.59 Å². The number of likely N-dealkylation sites (tertiary alicyclic amines) is 1. The molecule has 1 heterocycles. The molecule has 2 rings (SSSR count). The maximum Gasteiger partial charge on any atom is 0.326 e. The van der Waals surface area contributed by atoms with Crippen molar-refractivity contribution in [2.24, 2.45) is 0 Å². The van der Waals surface area contributed by atoms with E-state index in [-0.39, 0.29) is 11.9 Å². The summed E-state index contributed by atoms with van der Waals surface area (Å²) in [6.07, 6.45) is 1.15. The van der Waals surface area contributed by atoms with Crippen molar-refractivity contribution in [3.05, 3.63) is 34.9 Å². The monoisotopic (exact) mass is 267 g/mol. The molecular weight excluding hydrogens is 254 g/mol. The topological polar surface area (TPSA) is 57.6 Å². The van der Waals surface area contributed by atoms with E-state index >= 15 is 0 Å². The van der Waals surface area contributed by atoms with E-state index < -0.39 is 12.0 Å². The van der Waals surface area contributed by atoms with Gasteiger partial charge in [-0.3, -0.25) is 4.79 Å². The molecule has 0 unspecified atom stereocenters. The highest BCUT2D eigenvalue weighted by Gasteiger charge is 2.40. The zero-order valence-electron chi connectivity index (χ0n) is 9.97. The standard InChI is InChI=1S/C13H14ClNO3/c1-8(16)15-11(6-7-12(15)13(17)18)9-2-4-10(14)5-3-9/h2-5,11-12H,6-7H2,1H3,(H,17,18)/t11-,12-/m0/s1. The number of hydrogen-bond acceptors (Lipinski definition) is 2. The summed E-state index contributed by atoms with van der Waals surface area (Å²) >= 11 is 5.82. The average Bonchev–Trinajstić information content (AvgIpc) is 2.74. The van der Waals surface area contributed by atoms with E-state index in [2.05, 4.69) is 0 Å². The highest BCUT2D eigenvalue weighted by atomic mass is 35.5. The summed E-state index contributed by atoms with van der Waals surface area (Å²) in [5.74, 6) is -1.15. The number of carboxylic acids is 1. The number of hydrogen-bond donors (Lipinski definition) is 1. The minimum Gasteiger partial charge on any atom is -0.480 e. The predicted molar refractivity (Wildman–Crippen MR) is 67.4 cm³/mol. The van der Waals surface area contributed by atoms with Crippen molar-refractivity contribution in [2.45, 2.75) is 31.8 Å². The van der Waals surface area contributed by atoms with Crippen molar-refractivity contribution in [1.82, 2.24) is 4.90 Å². The fraction of sp³-hybridized carbons (Fsp3) is 0.385. The molecule has 0 saturated carbocycles. The Kier molecular flexibility index (Phi) is 3.57. The Hall–Kier alpha value is -1.55. The first kappa shape index (κ1) is 12.9. The SMILES string of the molecule is CC(=O)N1[C@H](C(=O)O)CC[C@H]1c1ccc(Cl)cc1. The van der Waals surface area contributed by atoms with E-state index in [0.717, 1.165) is 5.56 Å². The maximum absolute atomic E-state index is 11.6. The first-order valence-corrected chi connectivity index (χ1v) is 6.15. The molecule has 5 heteroatoms. The van der Waals surface area contributed by atoms with Crippen LogP contribution >= 0.6 is 11.6 Å². The van der Waals surface area contributed by atoms with Crippen LogP contribution in [0.15, 0.2) is 24.3 Å². The van der Waals surface area contributed by atoms with Crippen molar-refractivity contribution in [3.8, 4) is 0 Å². The van der Waals surface area contributed by atoms with Gasteiger partial charge in [0.05, 0.1) is 6.04 Å². The highest BCUT2D eigenvalue weighted by molar-refractivity contribution is 6.30. The Balaban J connectivity index is 2.30. The quantitative estimate of drug-likeness (QED) is 0.896. The van der Waals surface area contributed by atoms with Gasteiger partial charge in [-0.2, -0.15) is 0 Å². The zero-order valence-corrected chi connectivity index (χ0v) is 10.7. The van der Waals surface area contributed by atoms with Gasteiger partial charge in [-0.05, 0) is 30.5 Å². The Morgan fingerprint density at radius 2 is 1.89 bits per heavy atom. The van der Waals surface area contributed by atoms with Gasteiger partial charge in [-0.25, -0.2) is 4.79 Å². The molecule has 2 atom stereocenters. The summed E-state index contributed by atoms with van der Waals surface area (Å²) in [6.45, 7) is 1.41. The summed E-state index contributed by atoms with van der Waals surface area (Å²) in [4.78, 5) is 24.2. The molecule has 1 saturated heterocycles. The van der Waals surface area contributed by atoms with Crippen LogP contribution in [0.4, 0.5) is 0 Å². The molecule has 0 spiro atoms. The average molecular weight is 268 g/mol. The minimum absolute atomic E-state index is 0.166. The second kappa shape index (κ2) is 4.98. The predicted octanol–water partition coefficient (Wildman–Crippen LogP) is 2.48. The van der Waals surface area contributed by atoms with Crippen LogP contribution in [-0.4, -0.2) is 27.9 Å². The van der Waals surface area contributed by atoms with E-state index in [1.165, 1.54) is 11.8 Å². The molecule has 0 bridgehead atoms. The first-order valence-electron chi connectivity index (χ1n) is 5.78. The highest BCUT2D eigenvalue weighted by Crippen LogP contribution is 2.36. The van der Waals surface area contributed by atoms with Crippen LogP contribution in [0.3, 0.4) is 0 Å². The molecule has 1 amide bonds. The van der Waals surface area contributed by atoms with Crippen LogP contribution in [0, 0.1) is 0 Å². The van der Waals surface area contributed by atoms with Crippen molar-refractivity contribution < 1.29 is 14.7 Å². The third kappa shape index (κ3) is 2.34. The number of benzene rings is 1. The Morgan fingerprint density at radius 3 is 2.39 bits per heavy atom. The third-order valence-corrected chi connectivity index (χ3v) is 3.54. The third-order valence-electron chi connectivity index (χ3n) is 3.29. The van der Waals surface area contributed by atoms with Crippen LogP contribution in [-0.2, 0) is 9.59 Å². The normalized spacial score (nSPS) is 23.1. The molecule has 0 aromatic heterocycles. The lowest BCUT2D eigenvalue weighted by Gasteiger charge is -2.27. The number of carbonyl (C=O) groups excluding carboxylic acids is 1. The number of aliphatic carboxylic acids is 1. The van der Waals surface area contributed by atoms with Crippen LogP contribution in [0.1, 0.15) is 31.4 Å². The fourth-order valence-corrected chi connectivity index (χ4v) is 2.63. The number of carbonyl (C=O) groups is 2. The lowest BCUT2D eigenvalue weighted by Crippen LogP contribution is -2.40. The molecule has 1 fully saturated rings. The summed E-state index contributed by atoms with van der Waals surface area (Å²) in [6, 6.07) is 6.30. The minimum atomic E-state index is -0.943. The van der Waals surface area contributed by atoms with Gasteiger partial charge in [-0.15, -0.1) is 0 Å². The molecular formula is C13H14ClNO3. The maximum atomic E-state index is 11.6. The number of rotatable bonds is 2.